The molecule has 1 N–H and O–H groups in total. The van der Waals surface area contributed by atoms with Gasteiger partial charge in [-0.1, -0.05) is 64.7 Å². The molecule has 0 saturated carbocycles. The predicted molar refractivity (Wildman–Crippen MR) is 75.2 cm³/mol. The highest BCUT2D eigenvalue weighted by Crippen LogP contribution is 2.11. The molecule has 1 aromatic heterocycles. The number of aryl methyl sites for hydroxylation is 1. The van der Waals surface area contributed by atoms with Gasteiger partial charge in [0.2, 0.25) is 0 Å². The molecule has 0 aromatic carbocycles. The number of aromatic nitrogens is 1. The van der Waals surface area contributed by atoms with Crippen LogP contribution in [0.2, 0.25) is 0 Å². The van der Waals surface area contributed by atoms with Gasteiger partial charge in [-0.15, -0.1) is 0 Å². The zero-order chi connectivity index (χ0) is 12.2. The molecule has 97 valence electrons. The first kappa shape index (κ1) is 14.3. The lowest BCUT2D eigenvalue weighted by atomic mass is 10.0. The molecule has 0 saturated heterocycles. The van der Waals surface area contributed by atoms with Crippen LogP contribution in [0.25, 0.3) is 0 Å². The second-order valence-electron chi connectivity index (χ2n) is 5.06. The van der Waals surface area contributed by atoms with Crippen LogP contribution in [0.5, 0.6) is 0 Å². The third-order valence-electron chi connectivity index (χ3n) is 3.40. The van der Waals surface area contributed by atoms with Crippen molar-refractivity contribution in [3.05, 3.63) is 24.0 Å². The molecular weight excluding hydrogens is 206 g/mol. The van der Waals surface area contributed by atoms with Crippen LogP contribution in [0.4, 0.5) is 0 Å². The van der Waals surface area contributed by atoms with Gasteiger partial charge in [0, 0.05) is 6.20 Å². The average Bonchev–Trinajstić information content (AvgIpc) is 2.85. The summed E-state index contributed by atoms with van der Waals surface area (Å²) in [5.41, 5.74) is 1.34. The fourth-order valence-electron chi connectivity index (χ4n) is 2.27. The topological polar surface area (TPSA) is 15.8 Å². The Morgan fingerprint density at radius 3 is 2.00 bits per heavy atom. The zero-order valence-corrected chi connectivity index (χ0v) is 11.4. The Hall–Kier alpha value is -0.720. The molecular formula is C16H28N. The molecule has 0 unspecified atom stereocenters. The van der Waals surface area contributed by atoms with Crippen molar-refractivity contribution in [3.63, 3.8) is 0 Å². The van der Waals surface area contributed by atoms with Crippen molar-refractivity contribution < 1.29 is 0 Å². The van der Waals surface area contributed by atoms with Crippen molar-refractivity contribution in [2.45, 2.75) is 77.6 Å². The third kappa shape index (κ3) is 8.06. The van der Waals surface area contributed by atoms with E-state index in [2.05, 4.69) is 24.2 Å². The van der Waals surface area contributed by atoms with Gasteiger partial charge in [-0.3, -0.25) is 0 Å². The number of unbranched alkanes of at least 4 members (excludes halogenated alkanes) is 9. The minimum atomic E-state index is 1.19. The maximum Gasteiger partial charge on any atom is 0.0654 e. The van der Waals surface area contributed by atoms with Crippen molar-refractivity contribution in [2.24, 2.45) is 0 Å². The highest BCUT2D eigenvalue weighted by molar-refractivity contribution is 5.06. The summed E-state index contributed by atoms with van der Waals surface area (Å²) in [6, 6.07) is 2.13. The van der Waals surface area contributed by atoms with Crippen LogP contribution in [0.15, 0.2) is 12.3 Å². The summed E-state index contributed by atoms with van der Waals surface area (Å²) in [5, 5.41) is 0. The standard InChI is InChI=1S/C16H28N/c1-2-3-4-5-6-7-8-9-10-11-12-16-13-14-17-15-16/h13-14,17H,2-12H2,1H3. The minimum absolute atomic E-state index is 1.19. The Morgan fingerprint density at radius 1 is 0.882 bits per heavy atom. The molecule has 1 rings (SSSR count). The molecule has 0 aliphatic rings. The van der Waals surface area contributed by atoms with Crippen molar-refractivity contribution in [1.82, 2.24) is 4.98 Å². The Balaban J connectivity index is 1.76. The van der Waals surface area contributed by atoms with Crippen LogP contribution < -0.4 is 0 Å². The monoisotopic (exact) mass is 234 g/mol. The van der Waals surface area contributed by atoms with E-state index < -0.39 is 0 Å². The van der Waals surface area contributed by atoms with Crippen molar-refractivity contribution in [1.29, 1.82) is 0 Å². The summed E-state index contributed by atoms with van der Waals surface area (Å²) in [5.74, 6) is 0. The lowest BCUT2D eigenvalue weighted by molar-refractivity contribution is 0.556. The molecule has 0 fully saturated rings. The average molecular weight is 234 g/mol. The second-order valence-corrected chi connectivity index (χ2v) is 5.06. The molecule has 1 heteroatoms. The molecule has 0 bridgehead atoms. The fourth-order valence-corrected chi connectivity index (χ4v) is 2.27. The Bertz CT molecular complexity index is 238. The quantitative estimate of drug-likeness (QED) is 0.501. The summed E-state index contributed by atoms with van der Waals surface area (Å²) in [4.78, 5) is 2.99. The molecule has 0 aliphatic heterocycles. The molecule has 1 heterocycles. The fraction of sp³-hybridized carbons (Fsp3) is 0.750. The van der Waals surface area contributed by atoms with Crippen LogP contribution in [0.1, 0.15) is 76.7 Å². The summed E-state index contributed by atoms with van der Waals surface area (Å²) >= 11 is 0. The van der Waals surface area contributed by atoms with E-state index in [1.165, 1.54) is 76.2 Å². The summed E-state index contributed by atoms with van der Waals surface area (Å²) in [7, 11) is 0. The second kappa shape index (κ2) is 10.4. The van der Waals surface area contributed by atoms with Gasteiger partial charge in [-0.2, -0.15) is 0 Å². The number of aromatic amines is 1. The van der Waals surface area contributed by atoms with Gasteiger partial charge < -0.3 is 4.98 Å². The first-order valence-corrected chi connectivity index (χ1v) is 7.47. The number of nitrogens with one attached hydrogen (secondary N) is 1. The van der Waals surface area contributed by atoms with Crippen LogP contribution >= 0.6 is 0 Å². The summed E-state index contributed by atoms with van der Waals surface area (Å²) in [6.45, 7) is 2.28. The molecule has 1 radical (unpaired) electrons. The van der Waals surface area contributed by atoms with Crippen LogP contribution in [-0.4, -0.2) is 4.98 Å². The van der Waals surface area contributed by atoms with Gasteiger partial charge in [0.1, 0.15) is 0 Å². The first-order chi connectivity index (χ1) is 8.43. The van der Waals surface area contributed by atoms with Gasteiger partial charge in [-0.25, -0.2) is 0 Å². The van der Waals surface area contributed by atoms with E-state index in [1.54, 1.807) is 0 Å². The molecule has 0 amide bonds. The van der Waals surface area contributed by atoms with E-state index in [1.807, 2.05) is 6.20 Å². The van der Waals surface area contributed by atoms with Gasteiger partial charge in [0.25, 0.3) is 0 Å². The summed E-state index contributed by atoms with van der Waals surface area (Å²) < 4.78 is 0. The normalized spacial score (nSPS) is 10.9. The molecule has 1 aromatic rings. The highest BCUT2D eigenvalue weighted by atomic mass is 14.6. The minimum Gasteiger partial charge on any atom is -0.360 e. The Labute approximate surface area is 107 Å². The van der Waals surface area contributed by atoms with E-state index in [9.17, 15) is 0 Å². The Kier molecular flexibility index (Phi) is 8.80. The van der Waals surface area contributed by atoms with Crippen LogP contribution in [0.3, 0.4) is 0 Å². The number of hydrogen-bond donors (Lipinski definition) is 1. The molecule has 0 aliphatic carbocycles. The Morgan fingerprint density at radius 2 is 1.47 bits per heavy atom. The van der Waals surface area contributed by atoms with E-state index >= 15 is 0 Å². The SMILES string of the molecule is CCCCCCCCCCCCc1[c][nH]cc1. The number of hydrogen-bond acceptors (Lipinski definition) is 0. The van der Waals surface area contributed by atoms with E-state index in [-0.39, 0.29) is 0 Å². The number of rotatable bonds is 11. The van der Waals surface area contributed by atoms with Crippen LogP contribution in [0, 0.1) is 6.20 Å². The van der Waals surface area contributed by atoms with E-state index in [4.69, 9.17) is 0 Å². The molecule has 0 atom stereocenters. The lowest BCUT2D eigenvalue weighted by Gasteiger charge is -2.01. The molecule has 17 heavy (non-hydrogen) atoms. The van der Waals surface area contributed by atoms with Crippen molar-refractivity contribution in [2.75, 3.05) is 0 Å². The zero-order valence-electron chi connectivity index (χ0n) is 11.4. The van der Waals surface area contributed by atoms with Gasteiger partial charge in [0.15, 0.2) is 0 Å². The van der Waals surface area contributed by atoms with Crippen molar-refractivity contribution >= 4 is 0 Å². The van der Waals surface area contributed by atoms with Gasteiger partial charge in [-0.05, 0) is 24.5 Å². The van der Waals surface area contributed by atoms with Crippen LogP contribution in [-0.2, 0) is 6.42 Å². The smallest absolute Gasteiger partial charge is 0.0654 e. The highest BCUT2D eigenvalue weighted by Gasteiger charge is 1.95. The largest absolute Gasteiger partial charge is 0.360 e. The van der Waals surface area contributed by atoms with Gasteiger partial charge in [0.05, 0.1) is 6.20 Å². The first-order valence-electron chi connectivity index (χ1n) is 7.47. The van der Waals surface area contributed by atoms with E-state index in [0.717, 1.165) is 0 Å². The van der Waals surface area contributed by atoms with E-state index in [0.29, 0.717) is 0 Å². The predicted octanol–water partition coefficient (Wildman–Crippen LogP) is 5.28. The maximum absolute atomic E-state index is 3.14. The van der Waals surface area contributed by atoms with Crippen molar-refractivity contribution in [3.8, 4) is 0 Å². The molecule has 1 nitrogen and oxygen atoms in total. The molecule has 0 spiro atoms. The summed E-state index contributed by atoms with van der Waals surface area (Å²) in [6.07, 6.45) is 20.4. The lowest BCUT2D eigenvalue weighted by Crippen LogP contribution is -1.84. The maximum atomic E-state index is 3.14. The number of H-pyrrole nitrogens is 1. The third-order valence-corrected chi connectivity index (χ3v) is 3.40. The van der Waals surface area contributed by atoms with Gasteiger partial charge >= 0.3 is 0 Å².